The van der Waals surface area contributed by atoms with Crippen molar-refractivity contribution >= 4 is 5.78 Å². The molecule has 0 saturated carbocycles. The summed E-state index contributed by atoms with van der Waals surface area (Å²) in [5.74, 6) is 1.87. The van der Waals surface area contributed by atoms with Crippen LogP contribution in [-0.2, 0) is 11.2 Å². The summed E-state index contributed by atoms with van der Waals surface area (Å²) in [6, 6.07) is 7.51. The van der Waals surface area contributed by atoms with Crippen LogP contribution in [0.3, 0.4) is 0 Å². The Balaban J connectivity index is 1.71. The highest BCUT2D eigenvalue weighted by molar-refractivity contribution is 5.85. The number of carbonyl (C=O) groups excluding carboxylic acids is 1. The molecule has 0 spiro atoms. The van der Waals surface area contributed by atoms with E-state index in [1.165, 1.54) is 6.33 Å². The number of para-hydroxylation sites is 2. The summed E-state index contributed by atoms with van der Waals surface area (Å²) in [4.78, 5) is 16.5. The van der Waals surface area contributed by atoms with Gasteiger partial charge in [0.1, 0.15) is 18.8 Å². The van der Waals surface area contributed by atoms with Crippen LogP contribution in [0.4, 0.5) is 0 Å². The standard InChI is InChI=1S/C15H17N3O3/c1-10(2)18-15(16-9-17-18)7-11(19)14-8-20-12-5-3-4-6-13(12)21-14/h3-6,9-10,14H,7-8H2,1-2H3. The molecule has 6 heteroatoms. The van der Waals surface area contributed by atoms with E-state index in [0.29, 0.717) is 17.3 Å². The molecule has 0 bridgehead atoms. The molecule has 1 aromatic heterocycles. The van der Waals surface area contributed by atoms with Gasteiger partial charge in [-0.1, -0.05) is 12.1 Å². The van der Waals surface area contributed by atoms with Crippen LogP contribution in [-0.4, -0.2) is 33.3 Å². The first-order valence-corrected chi connectivity index (χ1v) is 6.94. The molecule has 6 nitrogen and oxygen atoms in total. The van der Waals surface area contributed by atoms with Crippen molar-refractivity contribution in [3.63, 3.8) is 0 Å². The maximum atomic E-state index is 12.4. The lowest BCUT2D eigenvalue weighted by atomic mass is 10.1. The predicted octanol–water partition coefficient (Wildman–Crippen LogP) is 1.81. The van der Waals surface area contributed by atoms with Gasteiger partial charge in [-0.05, 0) is 26.0 Å². The lowest BCUT2D eigenvalue weighted by Gasteiger charge is -2.25. The van der Waals surface area contributed by atoms with Gasteiger partial charge in [0, 0.05) is 6.04 Å². The van der Waals surface area contributed by atoms with E-state index in [9.17, 15) is 4.79 Å². The zero-order valence-electron chi connectivity index (χ0n) is 12.0. The molecule has 1 unspecified atom stereocenters. The van der Waals surface area contributed by atoms with Gasteiger partial charge in [0.2, 0.25) is 0 Å². The molecule has 110 valence electrons. The largest absolute Gasteiger partial charge is 0.485 e. The van der Waals surface area contributed by atoms with Gasteiger partial charge in [-0.25, -0.2) is 9.67 Å². The van der Waals surface area contributed by atoms with Crippen LogP contribution < -0.4 is 9.47 Å². The monoisotopic (exact) mass is 287 g/mol. The number of fused-ring (bicyclic) bond motifs is 1. The van der Waals surface area contributed by atoms with E-state index in [-0.39, 0.29) is 24.9 Å². The predicted molar refractivity (Wildman–Crippen MR) is 75.5 cm³/mol. The first-order valence-electron chi connectivity index (χ1n) is 6.94. The number of ether oxygens (including phenoxy) is 2. The van der Waals surface area contributed by atoms with Crippen LogP contribution in [0.1, 0.15) is 25.7 Å². The molecule has 2 heterocycles. The summed E-state index contributed by atoms with van der Waals surface area (Å²) in [5, 5.41) is 4.13. The van der Waals surface area contributed by atoms with Crippen molar-refractivity contribution in [3.05, 3.63) is 36.4 Å². The van der Waals surface area contributed by atoms with E-state index >= 15 is 0 Å². The van der Waals surface area contributed by atoms with Crippen molar-refractivity contribution in [2.75, 3.05) is 6.61 Å². The maximum absolute atomic E-state index is 12.4. The molecule has 1 aromatic carbocycles. The number of hydrogen-bond acceptors (Lipinski definition) is 5. The van der Waals surface area contributed by atoms with Gasteiger partial charge in [0.15, 0.2) is 23.4 Å². The van der Waals surface area contributed by atoms with Crippen LogP contribution in [0.25, 0.3) is 0 Å². The Morgan fingerprint density at radius 2 is 2.14 bits per heavy atom. The van der Waals surface area contributed by atoms with E-state index in [2.05, 4.69) is 10.1 Å². The summed E-state index contributed by atoms with van der Waals surface area (Å²) in [7, 11) is 0. The molecule has 21 heavy (non-hydrogen) atoms. The molecule has 0 aliphatic carbocycles. The van der Waals surface area contributed by atoms with Crippen LogP contribution >= 0.6 is 0 Å². The average molecular weight is 287 g/mol. The molecule has 2 aromatic rings. The topological polar surface area (TPSA) is 66.2 Å². The Hall–Kier alpha value is -2.37. The molecule has 0 radical (unpaired) electrons. The lowest BCUT2D eigenvalue weighted by molar-refractivity contribution is -0.127. The molecule has 0 N–H and O–H groups in total. The van der Waals surface area contributed by atoms with Crippen molar-refractivity contribution in [3.8, 4) is 11.5 Å². The normalized spacial score (nSPS) is 17.0. The van der Waals surface area contributed by atoms with Crippen molar-refractivity contribution in [1.29, 1.82) is 0 Å². The minimum atomic E-state index is -0.600. The summed E-state index contributed by atoms with van der Waals surface area (Å²) in [6.45, 7) is 4.23. The molecular weight excluding hydrogens is 270 g/mol. The van der Waals surface area contributed by atoms with Crippen molar-refractivity contribution in [2.24, 2.45) is 0 Å². The molecule has 1 aliphatic rings. The maximum Gasteiger partial charge on any atom is 0.191 e. The molecule has 1 atom stereocenters. The number of hydrogen-bond donors (Lipinski definition) is 0. The number of Topliss-reactive ketones (excluding diaryl/α,β-unsaturated/α-hetero) is 1. The van der Waals surface area contributed by atoms with E-state index < -0.39 is 6.10 Å². The number of rotatable bonds is 4. The highest BCUT2D eigenvalue weighted by atomic mass is 16.6. The average Bonchev–Trinajstić information content (AvgIpc) is 2.95. The minimum Gasteiger partial charge on any atom is -0.485 e. The zero-order chi connectivity index (χ0) is 14.8. The quantitative estimate of drug-likeness (QED) is 0.858. The summed E-state index contributed by atoms with van der Waals surface area (Å²) >= 11 is 0. The molecule has 0 saturated heterocycles. The summed E-state index contributed by atoms with van der Waals surface area (Å²) in [5.41, 5.74) is 0. The van der Waals surface area contributed by atoms with E-state index in [0.717, 1.165) is 0 Å². The molecule has 3 rings (SSSR count). The Bertz CT molecular complexity index is 651. The first kappa shape index (κ1) is 13.6. The minimum absolute atomic E-state index is 0.0561. The van der Waals surface area contributed by atoms with Gasteiger partial charge in [-0.15, -0.1) is 0 Å². The third-order valence-corrected chi connectivity index (χ3v) is 3.34. The molecule has 0 fully saturated rings. The second-order valence-electron chi connectivity index (χ2n) is 5.22. The number of ketones is 1. The Morgan fingerprint density at radius 3 is 2.90 bits per heavy atom. The Labute approximate surface area is 122 Å². The number of benzene rings is 1. The van der Waals surface area contributed by atoms with Crippen LogP contribution in [0.2, 0.25) is 0 Å². The fourth-order valence-corrected chi connectivity index (χ4v) is 2.28. The van der Waals surface area contributed by atoms with E-state index in [4.69, 9.17) is 9.47 Å². The van der Waals surface area contributed by atoms with Crippen LogP contribution in [0.5, 0.6) is 11.5 Å². The third-order valence-electron chi connectivity index (χ3n) is 3.34. The number of aromatic nitrogens is 3. The second kappa shape index (κ2) is 5.55. The van der Waals surface area contributed by atoms with Gasteiger partial charge in [-0.3, -0.25) is 4.79 Å². The molecular formula is C15H17N3O3. The zero-order valence-corrected chi connectivity index (χ0v) is 12.0. The number of nitrogens with zero attached hydrogens (tertiary/aromatic N) is 3. The first-order chi connectivity index (χ1) is 10.1. The van der Waals surface area contributed by atoms with Crippen LogP contribution in [0.15, 0.2) is 30.6 Å². The summed E-state index contributed by atoms with van der Waals surface area (Å²) in [6.07, 6.45) is 1.06. The fourth-order valence-electron chi connectivity index (χ4n) is 2.28. The van der Waals surface area contributed by atoms with Crippen molar-refractivity contribution in [1.82, 2.24) is 14.8 Å². The Kier molecular flexibility index (Phi) is 3.60. The number of carbonyl (C=O) groups is 1. The SMILES string of the molecule is CC(C)n1ncnc1CC(=O)C1COc2ccccc2O1. The van der Waals surface area contributed by atoms with Gasteiger partial charge in [0.25, 0.3) is 0 Å². The highest BCUT2D eigenvalue weighted by Gasteiger charge is 2.28. The summed E-state index contributed by atoms with van der Waals surface area (Å²) < 4.78 is 13.0. The highest BCUT2D eigenvalue weighted by Crippen LogP contribution is 2.31. The second-order valence-corrected chi connectivity index (χ2v) is 5.22. The van der Waals surface area contributed by atoms with Crippen LogP contribution in [0, 0.1) is 0 Å². The van der Waals surface area contributed by atoms with Gasteiger partial charge in [0.05, 0.1) is 6.42 Å². The Morgan fingerprint density at radius 1 is 1.38 bits per heavy atom. The smallest absolute Gasteiger partial charge is 0.191 e. The third kappa shape index (κ3) is 2.74. The van der Waals surface area contributed by atoms with E-state index in [1.807, 2.05) is 32.0 Å². The fraction of sp³-hybridized carbons (Fsp3) is 0.400. The van der Waals surface area contributed by atoms with Crippen molar-refractivity contribution in [2.45, 2.75) is 32.4 Å². The lowest BCUT2D eigenvalue weighted by Crippen LogP contribution is -2.38. The van der Waals surface area contributed by atoms with Crippen molar-refractivity contribution < 1.29 is 14.3 Å². The van der Waals surface area contributed by atoms with Gasteiger partial charge < -0.3 is 9.47 Å². The molecule has 0 amide bonds. The van der Waals surface area contributed by atoms with Gasteiger partial charge in [-0.2, -0.15) is 5.10 Å². The van der Waals surface area contributed by atoms with E-state index in [1.54, 1.807) is 10.7 Å². The van der Waals surface area contributed by atoms with Gasteiger partial charge >= 0.3 is 0 Å². The molecule has 1 aliphatic heterocycles.